The Bertz CT molecular complexity index is 367. The van der Waals surface area contributed by atoms with Gasteiger partial charge in [-0.3, -0.25) is 4.99 Å². The van der Waals surface area contributed by atoms with Crippen molar-refractivity contribution in [1.29, 1.82) is 0 Å². The lowest BCUT2D eigenvalue weighted by Gasteiger charge is -2.13. The van der Waals surface area contributed by atoms with Crippen LogP contribution in [0.2, 0.25) is 0 Å². The lowest BCUT2D eigenvalue weighted by molar-refractivity contribution is 0.179. The van der Waals surface area contributed by atoms with Gasteiger partial charge < -0.3 is 21.1 Å². The van der Waals surface area contributed by atoms with Gasteiger partial charge in [0.2, 0.25) is 0 Å². The molecule has 0 amide bonds. The maximum Gasteiger partial charge on any atom is 0.188 e. The quantitative estimate of drug-likeness (QED) is 0.377. The van der Waals surface area contributed by atoms with Crippen LogP contribution in [0.15, 0.2) is 35.3 Å². The summed E-state index contributed by atoms with van der Waals surface area (Å²) in [5, 5.41) is 6.40. The van der Waals surface area contributed by atoms with Crippen molar-refractivity contribution >= 4 is 11.6 Å². The molecule has 0 fully saturated rings. The second-order valence-electron chi connectivity index (χ2n) is 4.41. The van der Waals surface area contributed by atoms with E-state index in [4.69, 9.17) is 10.5 Å². The second-order valence-corrected chi connectivity index (χ2v) is 4.41. The van der Waals surface area contributed by atoms with Crippen LogP contribution in [-0.4, -0.2) is 38.8 Å². The van der Waals surface area contributed by atoms with E-state index in [2.05, 4.69) is 15.6 Å². The van der Waals surface area contributed by atoms with Crippen molar-refractivity contribution in [2.24, 2.45) is 10.7 Å². The minimum atomic E-state index is 0.177. The predicted octanol–water partition coefficient (Wildman–Crippen LogP) is 1.43. The van der Waals surface area contributed by atoms with Gasteiger partial charge in [0, 0.05) is 31.9 Å². The van der Waals surface area contributed by atoms with Gasteiger partial charge >= 0.3 is 0 Å². The van der Waals surface area contributed by atoms with Crippen molar-refractivity contribution in [3.05, 3.63) is 30.3 Å². The number of ether oxygens (including phenoxy) is 1. The molecule has 0 saturated carbocycles. The number of aliphatic imine (C=N–C) groups is 1. The molecule has 106 valence electrons. The van der Waals surface area contributed by atoms with Crippen molar-refractivity contribution < 1.29 is 4.74 Å². The molecule has 0 bridgehead atoms. The number of para-hydroxylation sites is 1. The van der Waals surface area contributed by atoms with Gasteiger partial charge in [-0.15, -0.1) is 0 Å². The Kier molecular flexibility index (Phi) is 7.43. The van der Waals surface area contributed by atoms with Crippen molar-refractivity contribution in [3.8, 4) is 0 Å². The highest BCUT2D eigenvalue weighted by Crippen LogP contribution is 2.04. The number of hydrogen-bond acceptors (Lipinski definition) is 3. The Morgan fingerprint density at radius 1 is 1.37 bits per heavy atom. The van der Waals surface area contributed by atoms with Crippen LogP contribution in [0.4, 0.5) is 5.69 Å². The number of nitrogens with zero attached hydrogens (tertiary/aromatic N) is 1. The van der Waals surface area contributed by atoms with Gasteiger partial charge in [0.05, 0.1) is 6.61 Å². The zero-order chi connectivity index (χ0) is 13.9. The first-order valence-electron chi connectivity index (χ1n) is 6.56. The predicted molar refractivity (Wildman–Crippen MR) is 80.5 cm³/mol. The van der Waals surface area contributed by atoms with E-state index < -0.39 is 0 Å². The van der Waals surface area contributed by atoms with E-state index in [0.29, 0.717) is 19.1 Å². The molecule has 1 aromatic carbocycles. The SMILES string of the molecule is COCC(C)NC(N)=NCCCNc1ccccc1. The standard InChI is InChI=1S/C14H24N4O/c1-12(11-19-2)18-14(15)17-10-6-9-16-13-7-4-3-5-8-13/h3-5,7-8,12,16H,6,9-11H2,1-2H3,(H3,15,17,18). The molecule has 19 heavy (non-hydrogen) atoms. The van der Waals surface area contributed by atoms with Gasteiger partial charge in [0.1, 0.15) is 0 Å². The zero-order valence-electron chi connectivity index (χ0n) is 11.7. The Hall–Kier alpha value is -1.75. The van der Waals surface area contributed by atoms with Gasteiger partial charge in [-0.25, -0.2) is 0 Å². The summed E-state index contributed by atoms with van der Waals surface area (Å²) in [5.41, 5.74) is 6.89. The first-order valence-corrected chi connectivity index (χ1v) is 6.56. The van der Waals surface area contributed by atoms with E-state index in [9.17, 15) is 0 Å². The lowest BCUT2D eigenvalue weighted by Crippen LogP contribution is -2.40. The van der Waals surface area contributed by atoms with Gasteiger partial charge in [-0.1, -0.05) is 18.2 Å². The van der Waals surface area contributed by atoms with Crippen molar-refractivity contribution in [2.45, 2.75) is 19.4 Å². The Morgan fingerprint density at radius 2 is 2.11 bits per heavy atom. The fourth-order valence-corrected chi connectivity index (χ4v) is 1.66. The molecule has 0 heterocycles. The van der Waals surface area contributed by atoms with Crippen LogP contribution in [0, 0.1) is 0 Å². The van der Waals surface area contributed by atoms with Crippen LogP contribution < -0.4 is 16.4 Å². The van der Waals surface area contributed by atoms with E-state index in [-0.39, 0.29) is 6.04 Å². The number of anilines is 1. The summed E-state index contributed by atoms with van der Waals surface area (Å²) in [7, 11) is 1.67. The molecule has 1 rings (SSSR count). The third-order valence-electron chi connectivity index (χ3n) is 2.53. The topological polar surface area (TPSA) is 71.7 Å². The highest BCUT2D eigenvalue weighted by atomic mass is 16.5. The number of nitrogens with two attached hydrogens (primary N) is 1. The normalized spacial score (nSPS) is 13.1. The van der Waals surface area contributed by atoms with E-state index in [1.54, 1.807) is 7.11 Å². The number of guanidine groups is 1. The van der Waals surface area contributed by atoms with Crippen molar-refractivity contribution in [3.63, 3.8) is 0 Å². The molecule has 0 radical (unpaired) electrons. The van der Waals surface area contributed by atoms with Crippen LogP contribution in [0.25, 0.3) is 0 Å². The summed E-state index contributed by atoms with van der Waals surface area (Å²) < 4.78 is 5.01. The summed E-state index contributed by atoms with van der Waals surface area (Å²) in [5.74, 6) is 0.476. The summed E-state index contributed by atoms with van der Waals surface area (Å²) in [6.45, 7) is 4.21. The minimum Gasteiger partial charge on any atom is -0.385 e. The fraction of sp³-hybridized carbons (Fsp3) is 0.500. The van der Waals surface area contributed by atoms with Crippen LogP contribution in [0.3, 0.4) is 0 Å². The van der Waals surface area contributed by atoms with Gasteiger partial charge in [-0.2, -0.15) is 0 Å². The molecule has 1 atom stereocenters. The summed E-state index contributed by atoms with van der Waals surface area (Å²) in [6.07, 6.45) is 0.940. The molecule has 1 unspecified atom stereocenters. The maximum absolute atomic E-state index is 5.76. The van der Waals surface area contributed by atoms with Gasteiger partial charge in [0.25, 0.3) is 0 Å². The van der Waals surface area contributed by atoms with E-state index in [0.717, 1.165) is 18.7 Å². The van der Waals surface area contributed by atoms with E-state index >= 15 is 0 Å². The van der Waals surface area contributed by atoms with Crippen molar-refractivity contribution in [1.82, 2.24) is 5.32 Å². The first kappa shape index (κ1) is 15.3. The van der Waals surface area contributed by atoms with Crippen LogP contribution in [0.5, 0.6) is 0 Å². The van der Waals surface area contributed by atoms with Crippen LogP contribution >= 0.6 is 0 Å². The molecule has 5 nitrogen and oxygen atoms in total. The van der Waals surface area contributed by atoms with E-state index in [1.165, 1.54) is 0 Å². The number of rotatable bonds is 8. The molecule has 0 aliphatic rings. The fourth-order valence-electron chi connectivity index (χ4n) is 1.66. The Labute approximate surface area is 115 Å². The second kappa shape index (κ2) is 9.22. The third-order valence-corrected chi connectivity index (χ3v) is 2.53. The smallest absolute Gasteiger partial charge is 0.188 e. The molecule has 5 heteroatoms. The molecule has 0 aliphatic carbocycles. The van der Waals surface area contributed by atoms with Gasteiger partial charge in [-0.05, 0) is 25.5 Å². The number of methoxy groups -OCH3 is 1. The van der Waals surface area contributed by atoms with Crippen molar-refractivity contribution in [2.75, 3.05) is 32.1 Å². The summed E-state index contributed by atoms with van der Waals surface area (Å²) >= 11 is 0. The van der Waals surface area contributed by atoms with Crippen LogP contribution in [-0.2, 0) is 4.74 Å². The average molecular weight is 264 g/mol. The molecule has 0 aliphatic heterocycles. The highest BCUT2D eigenvalue weighted by Gasteiger charge is 2.00. The molecule has 4 N–H and O–H groups in total. The highest BCUT2D eigenvalue weighted by molar-refractivity contribution is 5.78. The van der Waals surface area contributed by atoms with Gasteiger partial charge in [0.15, 0.2) is 5.96 Å². The largest absolute Gasteiger partial charge is 0.385 e. The molecular formula is C14H24N4O. The molecule has 0 saturated heterocycles. The van der Waals surface area contributed by atoms with E-state index in [1.807, 2.05) is 37.3 Å². The lowest BCUT2D eigenvalue weighted by atomic mass is 10.3. The number of hydrogen-bond donors (Lipinski definition) is 3. The molecule has 1 aromatic rings. The third kappa shape index (κ3) is 7.31. The Morgan fingerprint density at radius 3 is 2.79 bits per heavy atom. The summed E-state index contributed by atoms with van der Waals surface area (Å²) in [4.78, 5) is 4.27. The maximum atomic E-state index is 5.76. The molecule has 0 aromatic heterocycles. The van der Waals surface area contributed by atoms with Crippen LogP contribution in [0.1, 0.15) is 13.3 Å². The number of benzene rings is 1. The summed E-state index contributed by atoms with van der Waals surface area (Å²) in [6, 6.07) is 10.3. The minimum absolute atomic E-state index is 0.177. The first-order chi connectivity index (χ1) is 9.22. The average Bonchev–Trinajstić information content (AvgIpc) is 2.39. The Balaban J connectivity index is 2.12. The zero-order valence-corrected chi connectivity index (χ0v) is 11.7. The number of nitrogens with one attached hydrogen (secondary N) is 2. The monoisotopic (exact) mass is 264 g/mol. The molecular weight excluding hydrogens is 240 g/mol. The molecule has 0 spiro atoms.